The summed E-state index contributed by atoms with van der Waals surface area (Å²) in [5.41, 5.74) is 0.894. The van der Waals surface area contributed by atoms with E-state index in [2.05, 4.69) is 36.0 Å². The SMILES string of the molecule is CCOP1(=O)Cc2ccc(cc2)Nc2ncc(C(F)(F)F)c(n2)Nc2ccc(nc2C(=O)NC)-c2cnn(c2)CCCCO1. The summed E-state index contributed by atoms with van der Waals surface area (Å²) in [4.78, 5) is 25.1. The minimum absolute atomic E-state index is 0.0112. The number of aryl methyl sites for hydroxylation is 1. The fraction of sp³-hybridized carbons (Fsp3) is 0.321. The summed E-state index contributed by atoms with van der Waals surface area (Å²) >= 11 is 0. The van der Waals surface area contributed by atoms with Gasteiger partial charge in [0.05, 0.1) is 37.0 Å². The first-order valence-corrected chi connectivity index (χ1v) is 15.5. The van der Waals surface area contributed by atoms with E-state index >= 15 is 0 Å². The minimum Gasteiger partial charge on any atom is -0.354 e. The largest absolute Gasteiger partial charge is 0.421 e. The lowest BCUT2D eigenvalue weighted by atomic mass is 10.1. The second kappa shape index (κ2) is 13.1. The van der Waals surface area contributed by atoms with Crippen LogP contribution >= 0.6 is 7.60 Å². The Bertz CT molecular complexity index is 1680. The molecule has 1 amide bonds. The Morgan fingerprint density at radius 1 is 1.11 bits per heavy atom. The van der Waals surface area contributed by atoms with E-state index in [0.29, 0.717) is 48.1 Å². The molecule has 0 fully saturated rings. The maximum Gasteiger partial charge on any atom is 0.421 e. The van der Waals surface area contributed by atoms with Crippen LogP contribution in [0.25, 0.3) is 11.3 Å². The molecule has 0 radical (unpaired) electrons. The average molecular weight is 631 g/mol. The molecule has 8 bridgehead atoms. The number of halogens is 3. The van der Waals surface area contributed by atoms with Crippen LogP contribution in [0.5, 0.6) is 0 Å². The number of nitrogens with zero attached hydrogens (tertiary/aromatic N) is 5. The van der Waals surface area contributed by atoms with Gasteiger partial charge in [-0.05, 0) is 49.6 Å². The maximum absolute atomic E-state index is 14.0. The van der Waals surface area contributed by atoms with E-state index in [1.54, 1.807) is 54.3 Å². The van der Waals surface area contributed by atoms with E-state index < -0.39 is 31.1 Å². The highest BCUT2D eigenvalue weighted by Crippen LogP contribution is 2.51. The number of alkyl halides is 3. The summed E-state index contributed by atoms with van der Waals surface area (Å²) in [5.74, 6) is -1.32. The second-order valence-corrected chi connectivity index (χ2v) is 11.8. The standard InChI is InChI=1S/C28H30F3N8O4P/c1-3-42-44(41)17-18-6-8-20(9-7-18)35-27-33-15-21(28(29,30)31)25(38-27)37-23-11-10-22(36-24(23)26(40)32-2)19-14-34-39(16-19)12-4-5-13-43-44/h6-11,14-16H,3-5,12-13,17H2,1-2H3,(H,32,40)(H2,33,35,37,38). The van der Waals surface area contributed by atoms with Gasteiger partial charge in [-0.3, -0.25) is 14.0 Å². The number of anilines is 4. The summed E-state index contributed by atoms with van der Waals surface area (Å²) in [6, 6.07) is 9.74. The topological polar surface area (TPSA) is 145 Å². The van der Waals surface area contributed by atoms with Gasteiger partial charge in [-0.1, -0.05) is 12.1 Å². The summed E-state index contributed by atoms with van der Waals surface area (Å²) in [5, 5.41) is 12.4. The maximum atomic E-state index is 14.0. The van der Waals surface area contributed by atoms with Crippen molar-refractivity contribution in [1.29, 1.82) is 0 Å². The first-order valence-electron chi connectivity index (χ1n) is 13.8. The van der Waals surface area contributed by atoms with Gasteiger partial charge in [-0.25, -0.2) is 9.97 Å². The van der Waals surface area contributed by atoms with Crippen molar-refractivity contribution in [2.75, 3.05) is 30.9 Å². The molecule has 4 aromatic rings. The number of fused-ring (bicyclic) bond motifs is 2. The highest BCUT2D eigenvalue weighted by Gasteiger charge is 2.36. The Hall–Kier alpha value is -4.33. The smallest absolute Gasteiger partial charge is 0.354 e. The molecule has 3 N–H and O–H groups in total. The molecule has 1 atom stereocenters. The van der Waals surface area contributed by atoms with Crippen LogP contribution in [0.2, 0.25) is 0 Å². The van der Waals surface area contributed by atoms with Crippen LogP contribution < -0.4 is 16.0 Å². The summed E-state index contributed by atoms with van der Waals surface area (Å²) in [6.45, 7) is 2.72. The molecular weight excluding hydrogens is 600 g/mol. The summed E-state index contributed by atoms with van der Waals surface area (Å²) in [6.07, 6.45) is 0.513. The molecule has 12 nitrogen and oxygen atoms in total. The Labute approximate surface area is 251 Å². The Kier molecular flexibility index (Phi) is 9.28. The van der Waals surface area contributed by atoms with Gasteiger partial charge in [-0.2, -0.15) is 23.3 Å². The third kappa shape index (κ3) is 7.41. The first-order chi connectivity index (χ1) is 21.1. The highest BCUT2D eigenvalue weighted by atomic mass is 31.2. The van der Waals surface area contributed by atoms with Crippen LogP contribution in [-0.4, -0.2) is 50.9 Å². The molecule has 3 aromatic heterocycles. The van der Waals surface area contributed by atoms with Gasteiger partial charge in [0.15, 0.2) is 5.69 Å². The van der Waals surface area contributed by atoms with E-state index in [9.17, 15) is 22.5 Å². The van der Waals surface area contributed by atoms with E-state index in [-0.39, 0.29) is 36.7 Å². The van der Waals surface area contributed by atoms with Crippen molar-refractivity contribution >= 4 is 36.6 Å². The molecule has 6 heterocycles. The van der Waals surface area contributed by atoms with Gasteiger partial charge in [-0.15, -0.1) is 0 Å². The monoisotopic (exact) mass is 630 g/mol. The van der Waals surface area contributed by atoms with Crippen molar-refractivity contribution in [2.24, 2.45) is 0 Å². The van der Waals surface area contributed by atoms with Crippen LogP contribution in [0.3, 0.4) is 0 Å². The highest BCUT2D eigenvalue weighted by molar-refractivity contribution is 7.53. The zero-order chi connectivity index (χ0) is 31.3. The van der Waals surface area contributed by atoms with Gasteiger partial charge >= 0.3 is 13.8 Å². The predicted octanol–water partition coefficient (Wildman–Crippen LogP) is 6.14. The molecule has 0 saturated carbocycles. The fourth-order valence-electron chi connectivity index (χ4n) is 4.45. The van der Waals surface area contributed by atoms with Crippen LogP contribution in [-0.2, 0) is 32.5 Å². The second-order valence-electron chi connectivity index (χ2n) is 9.79. The van der Waals surface area contributed by atoms with E-state index in [1.807, 2.05) is 0 Å². The Morgan fingerprint density at radius 3 is 2.64 bits per heavy atom. The van der Waals surface area contributed by atoms with Crippen molar-refractivity contribution in [3.8, 4) is 11.3 Å². The van der Waals surface area contributed by atoms with E-state index in [0.717, 1.165) is 0 Å². The number of nitrogens with one attached hydrogen (secondary N) is 3. The van der Waals surface area contributed by atoms with E-state index in [1.165, 1.54) is 13.1 Å². The summed E-state index contributed by atoms with van der Waals surface area (Å²) in [7, 11) is -2.04. The molecule has 1 aromatic carbocycles. The molecule has 0 aliphatic carbocycles. The lowest BCUT2D eigenvalue weighted by molar-refractivity contribution is -0.137. The van der Waals surface area contributed by atoms with Gasteiger partial charge in [0.2, 0.25) is 5.95 Å². The van der Waals surface area contributed by atoms with Crippen LogP contribution in [0.15, 0.2) is 55.0 Å². The Balaban J connectivity index is 1.56. The van der Waals surface area contributed by atoms with E-state index in [4.69, 9.17) is 9.05 Å². The molecule has 1 unspecified atom stereocenters. The van der Waals surface area contributed by atoms with Crippen molar-refractivity contribution < 1.29 is 31.6 Å². The molecular formula is C28H30F3N8O4P. The van der Waals surface area contributed by atoms with Gasteiger partial charge in [0.25, 0.3) is 5.91 Å². The van der Waals surface area contributed by atoms with Crippen LogP contribution in [0, 0.1) is 0 Å². The minimum atomic E-state index is -4.79. The van der Waals surface area contributed by atoms with Crippen molar-refractivity contribution in [3.63, 3.8) is 0 Å². The number of hydrogen-bond acceptors (Lipinski definition) is 10. The van der Waals surface area contributed by atoms with Crippen molar-refractivity contribution in [3.05, 3.63) is 71.8 Å². The third-order valence-electron chi connectivity index (χ3n) is 6.60. The Morgan fingerprint density at radius 2 is 1.91 bits per heavy atom. The molecule has 0 spiro atoms. The molecule has 0 saturated heterocycles. The predicted molar refractivity (Wildman–Crippen MR) is 157 cm³/mol. The molecule has 7 rings (SSSR count). The number of pyridine rings is 1. The molecule has 3 aliphatic rings. The normalized spacial score (nSPS) is 17.5. The average Bonchev–Trinajstić information content (AvgIpc) is 3.46. The number of rotatable bonds is 3. The number of carbonyl (C=O) groups excluding carboxylic acids is 1. The van der Waals surface area contributed by atoms with Crippen LogP contribution in [0.1, 0.15) is 41.4 Å². The van der Waals surface area contributed by atoms with Crippen molar-refractivity contribution in [2.45, 2.75) is 38.6 Å². The van der Waals surface area contributed by atoms with Crippen LogP contribution in [0.4, 0.5) is 36.3 Å². The quantitative estimate of drug-likeness (QED) is 0.226. The number of hydrogen-bond donors (Lipinski definition) is 3. The number of benzene rings is 1. The van der Waals surface area contributed by atoms with Gasteiger partial charge in [0.1, 0.15) is 11.4 Å². The number of amides is 1. The van der Waals surface area contributed by atoms with Gasteiger partial charge < -0.3 is 25.0 Å². The third-order valence-corrected chi connectivity index (χ3v) is 8.58. The first kappa shape index (κ1) is 31.1. The molecule has 3 aliphatic heterocycles. The lowest BCUT2D eigenvalue weighted by Gasteiger charge is -2.18. The molecule has 44 heavy (non-hydrogen) atoms. The zero-order valence-electron chi connectivity index (χ0n) is 23.9. The fourth-order valence-corrected chi connectivity index (χ4v) is 6.17. The number of aromatic nitrogens is 5. The molecule has 232 valence electrons. The lowest BCUT2D eigenvalue weighted by Crippen LogP contribution is -2.21. The van der Waals surface area contributed by atoms with Crippen molar-refractivity contribution in [1.82, 2.24) is 30.0 Å². The zero-order valence-corrected chi connectivity index (χ0v) is 24.8. The van der Waals surface area contributed by atoms with Gasteiger partial charge in [0, 0.05) is 37.2 Å². The summed E-state index contributed by atoms with van der Waals surface area (Å²) < 4.78 is 68.2. The molecule has 16 heteroatoms. The number of carbonyl (C=O) groups is 1.